The molecule has 1 unspecified atom stereocenters. The topological polar surface area (TPSA) is 131 Å². The molecule has 0 spiro atoms. The van der Waals surface area contributed by atoms with E-state index in [4.69, 9.17) is 14.8 Å². The molecule has 0 aliphatic carbocycles. The maximum absolute atomic E-state index is 12.7. The van der Waals surface area contributed by atoms with Crippen LogP contribution in [0, 0.1) is 0 Å². The van der Waals surface area contributed by atoms with Gasteiger partial charge in [-0.2, -0.15) is 0 Å². The summed E-state index contributed by atoms with van der Waals surface area (Å²) in [7, 11) is -4.30. The van der Waals surface area contributed by atoms with Gasteiger partial charge in [-0.25, -0.2) is 4.57 Å². The van der Waals surface area contributed by atoms with Crippen molar-refractivity contribution in [3.8, 4) is 0 Å². The molecule has 0 fully saturated rings. The number of hydrogen-bond acceptors (Lipinski definition) is 6. The highest BCUT2D eigenvalue weighted by atomic mass is 31.2. The minimum Gasteiger partial charge on any atom is -0.391 e. The molecule has 0 aromatic rings. The zero-order chi connectivity index (χ0) is 35.4. The Kier molecular flexibility index (Phi) is 35.9. The lowest BCUT2D eigenvalue weighted by molar-refractivity contribution is -0.123. The highest BCUT2D eigenvalue weighted by Crippen LogP contribution is 2.43. The molecule has 0 saturated heterocycles. The molecule has 5 N–H and O–H groups in total. The summed E-state index contributed by atoms with van der Waals surface area (Å²) < 4.78 is 22.1. The van der Waals surface area contributed by atoms with Crippen molar-refractivity contribution in [1.82, 2.24) is 5.32 Å². The maximum atomic E-state index is 12.7. The number of hydrogen-bond donors (Lipinski definition) is 4. The van der Waals surface area contributed by atoms with Crippen molar-refractivity contribution in [3.63, 3.8) is 0 Å². The first-order valence-corrected chi connectivity index (χ1v) is 22.1. The first-order valence-electron chi connectivity index (χ1n) is 20.7. The molecule has 0 radical (unpaired) electrons. The van der Waals surface area contributed by atoms with E-state index in [1.165, 1.54) is 148 Å². The third kappa shape index (κ3) is 34.0. The van der Waals surface area contributed by atoms with Crippen LogP contribution in [-0.4, -0.2) is 47.8 Å². The zero-order valence-electron chi connectivity index (χ0n) is 31.7. The molecule has 3 atom stereocenters. The molecule has 1 amide bonds. The monoisotopic (exact) mass is 705 g/mol. The number of aliphatic hydroxyl groups is 1. The average molecular weight is 705 g/mol. The van der Waals surface area contributed by atoms with Gasteiger partial charge in [0.2, 0.25) is 5.91 Å². The Bertz CT molecular complexity index is 729. The van der Waals surface area contributed by atoms with Crippen molar-refractivity contribution in [3.05, 3.63) is 0 Å². The largest absolute Gasteiger partial charge is 0.472 e. The summed E-state index contributed by atoms with van der Waals surface area (Å²) in [6.45, 7) is 4.21. The van der Waals surface area contributed by atoms with Crippen LogP contribution in [0.5, 0.6) is 0 Å². The van der Waals surface area contributed by atoms with Crippen molar-refractivity contribution in [1.29, 1.82) is 0 Å². The summed E-state index contributed by atoms with van der Waals surface area (Å²) >= 11 is 0. The fourth-order valence-corrected chi connectivity index (χ4v) is 7.07. The molecule has 288 valence electrons. The molecular formula is C39H81N2O6P. The highest BCUT2D eigenvalue weighted by molar-refractivity contribution is 7.47. The van der Waals surface area contributed by atoms with Crippen LogP contribution in [0.3, 0.4) is 0 Å². The van der Waals surface area contributed by atoms with E-state index in [0.717, 1.165) is 38.5 Å². The number of carbonyl (C=O) groups is 1. The van der Waals surface area contributed by atoms with Crippen LogP contribution >= 0.6 is 7.82 Å². The molecule has 0 saturated carbocycles. The Morgan fingerprint density at radius 1 is 0.604 bits per heavy atom. The molecule has 0 aliphatic heterocycles. The summed E-state index contributed by atoms with van der Waals surface area (Å²) in [5, 5.41) is 13.7. The lowest BCUT2D eigenvalue weighted by Gasteiger charge is -2.25. The maximum Gasteiger partial charge on any atom is 0.472 e. The Balaban J connectivity index is 4.10. The van der Waals surface area contributed by atoms with Crippen LogP contribution in [-0.2, 0) is 18.4 Å². The van der Waals surface area contributed by atoms with E-state index >= 15 is 0 Å². The van der Waals surface area contributed by atoms with Crippen molar-refractivity contribution in [2.75, 3.05) is 19.8 Å². The van der Waals surface area contributed by atoms with Gasteiger partial charge in [0.15, 0.2) is 0 Å². The Labute approximate surface area is 297 Å². The van der Waals surface area contributed by atoms with Gasteiger partial charge in [0, 0.05) is 13.0 Å². The first-order chi connectivity index (χ1) is 23.4. The normalized spacial score (nSPS) is 14.2. The lowest BCUT2D eigenvalue weighted by Crippen LogP contribution is -2.46. The molecule has 8 nitrogen and oxygen atoms in total. The second-order valence-corrected chi connectivity index (χ2v) is 15.7. The van der Waals surface area contributed by atoms with E-state index in [1.807, 2.05) is 0 Å². The Morgan fingerprint density at radius 2 is 0.958 bits per heavy atom. The Morgan fingerprint density at radius 3 is 1.33 bits per heavy atom. The molecule has 0 aliphatic rings. The third-order valence-corrected chi connectivity index (χ3v) is 10.4. The van der Waals surface area contributed by atoms with E-state index < -0.39 is 20.0 Å². The van der Waals surface area contributed by atoms with Crippen LogP contribution in [0.15, 0.2) is 0 Å². The number of rotatable bonds is 39. The fourth-order valence-electron chi connectivity index (χ4n) is 6.31. The van der Waals surface area contributed by atoms with Gasteiger partial charge in [-0.3, -0.25) is 13.8 Å². The molecule has 0 aromatic heterocycles. The fraction of sp³-hybridized carbons (Fsp3) is 0.974. The van der Waals surface area contributed by atoms with Crippen molar-refractivity contribution in [2.24, 2.45) is 5.73 Å². The van der Waals surface area contributed by atoms with Crippen LogP contribution < -0.4 is 11.1 Å². The number of aliphatic hydroxyl groups excluding tert-OH is 1. The molecule has 48 heavy (non-hydrogen) atoms. The average Bonchev–Trinajstić information content (AvgIpc) is 3.07. The summed E-state index contributed by atoms with van der Waals surface area (Å²) in [6, 6.07) is -0.766. The molecule has 0 bridgehead atoms. The van der Waals surface area contributed by atoms with Crippen LogP contribution in [0.25, 0.3) is 0 Å². The number of phosphoric ester groups is 1. The number of phosphoric acid groups is 1. The van der Waals surface area contributed by atoms with E-state index in [0.29, 0.717) is 12.8 Å². The summed E-state index contributed by atoms with van der Waals surface area (Å²) in [5.41, 5.74) is 5.37. The molecule has 0 heterocycles. The van der Waals surface area contributed by atoms with E-state index in [-0.39, 0.29) is 25.7 Å². The minimum atomic E-state index is -4.30. The van der Waals surface area contributed by atoms with Gasteiger partial charge in [-0.05, 0) is 12.8 Å². The molecule has 9 heteroatoms. The van der Waals surface area contributed by atoms with Gasteiger partial charge in [-0.15, -0.1) is 0 Å². The lowest BCUT2D eigenvalue weighted by atomic mass is 10.0. The Hall–Kier alpha value is -0.500. The molecular weight excluding hydrogens is 623 g/mol. The molecule has 0 aromatic carbocycles. The smallest absolute Gasteiger partial charge is 0.391 e. The number of unbranched alkanes of at least 4 members (excludes halogenated alkanes) is 27. The summed E-state index contributed by atoms with van der Waals surface area (Å²) in [5.74, 6) is -0.159. The number of nitrogens with one attached hydrogen (secondary N) is 1. The van der Waals surface area contributed by atoms with Crippen molar-refractivity contribution in [2.45, 2.75) is 225 Å². The first kappa shape index (κ1) is 47.5. The van der Waals surface area contributed by atoms with Crippen LogP contribution in [0.2, 0.25) is 0 Å². The van der Waals surface area contributed by atoms with Gasteiger partial charge in [0.25, 0.3) is 0 Å². The van der Waals surface area contributed by atoms with Crippen LogP contribution in [0.1, 0.15) is 213 Å². The predicted octanol–water partition coefficient (Wildman–Crippen LogP) is 11.1. The standard InChI is InChI=1S/C39H81N2O6P/c1-3-5-7-9-11-13-15-16-17-18-19-20-21-23-25-27-29-31-33-39(43)41-37(36-47-48(44,45)46-35-34-40)38(42)32-30-28-26-24-22-14-12-10-8-6-4-2/h37-38,42H,3-36,40H2,1-2H3,(H,41,43)(H,44,45)/t37-,38+/m0/s1. The van der Waals surface area contributed by atoms with Crippen molar-refractivity contribution >= 4 is 13.7 Å². The molecule has 0 rings (SSSR count). The van der Waals surface area contributed by atoms with Gasteiger partial charge in [-0.1, -0.05) is 194 Å². The third-order valence-electron chi connectivity index (χ3n) is 9.46. The second-order valence-electron chi connectivity index (χ2n) is 14.2. The van der Waals surface area contributed by atoms with E-state index in [2.05, 4.69) is 19.2 Å². The van der Waals surface area contributed by atoms with Gasteiger partial charge >= 0.3 is 7.82 Å². The minimum absolute atomic E-state index is 0.0922. The highest BCUT2D eigenvalue weighted by Gasteiger charge is 2.27. The number of amides is 1. The van der Waals surface area contributed by atoms with E-state index in [1.54, 1.807) is 0 Å². The quantitative estimate of drug-likeness (QED) is 0.0370. The van der Waals surface area contributed by atoms with Crippen LogP contribution in [0.4, 0.5) is 0 Å². The van der Waals surface area contributed by atoms with Crippen molar-refractivity contribution < 1.29 is 28.4 Å². The van der Waals surface area contributed by atoms with Gasteiger partial charge in [0.1, 0.15) is 0 Å². The SMILES string of the molecule is CCCCCCCCCCCCCCCCCCCCC(=O)N[C@@H](COP(=O)(O)OCCN)[C@H](O)CCCCCCCCCCCCC. The summed E-state index contributed by atoms with van der Waals surface area (Å²) in [6.07, 6.45) is 36.8. The van der Waals surface area contributed by atoms with Gasteiger partial charge < -0.3 is 21.1 Å². The summed E-state index contributed by atoms with van der Waals surface area (Å²) in [4.78, 5) is 22.6. The second kappa shape index (κ2) is 36.3. The number of carbonyl (C=O) groups excluding carboxylic acids is 1. The predicted molar refractivity (Wildman–Crippen MR) is 203 cm³/mol. The van der Waals surface area contributed by atoms with E-state index in [9.17, 15) is 19.4 Å². The number of nitrogens with two attached hydrogens (primary N) is 1. The zero-order valence-corrected chi connectivity index (χ0v) is 32.6. The van der Waals surface area contributed by atoms with Gasteiger partial charge in [0.05, 0.1) is 25.4 Å².